The highest BCUT2D eigenvalue weighted by Crippen LogP contribution is 2.30. The summed E-state index contributed by atoms with van der Waals surface area (Å²) in [6.45, 7) is 3.73. The van der Waals surface area contributed by atoms with Crippen molar-refractivity contribution in [1.29, 1.82) is 0 Å². The van der Waals surface area contributed by atoms with Gasteiger partial charge in [-0.05, 0) is 52.6 Å². The second-order valence-corrected chi connectivity index (χ2v) is 9.29. The van der Waals surface area contributed by atoms with Gasteiger partial charge >= 0.3 is 0 Å². The van der Waals surface area contributed by atoms with Crippen LogP contribution >= 0.6 is 0 Å². The summed E-state index contributed by atoms with van der Waals surface area (Å²) in [4.78, 5) is 28.0. The number of nitrogens with zero attached hydrogens (tertiary/aromatic N) is 1. The van der Waals surface area contributed by atoms with Gasteiger partial charge in [-0.15, -0.1) is 0 Å². The van der Waals surface area contributed by atoms with E-state index in [0.717, 1.165) is 33.4 Å². The van der Waals surface area contributed by atoms with E-state index in [0.29, 0.717) is 36.0 Å². The highest BCUT2D eigenvalue weighted by atomic mass is 16.5. The average molecular weight is 528 g/mol. The molecule has 0 amide bonds. The summed E-state index contributed by atoms with van der Waals surface area (Å²) in [5.41, 5.74) is 5.59. The van der Waals surface area contributed by atoms with Crippen molar-refractivity contribution in [3.8, 4) is 45.4 Å². The van der Waals surface area contributed by atoms with Crippen LogP contribution in [0.2, 0.25) is 0 Å². The van der Waals surface area contributed by atoms with Crippen molar-refractivity contribution in [2.24, 2.45) is 0 Å². The van der Waals surface area contributed by atoms with Crippen molar-refractivity contribution in [3.63, 3.8) is 0 Å². The number of Topliss-reactive ketones (excluding diaryl/α,β-unsaturated/α-hetero) is 2. The van der Waals surface area contributed by atoms with E-state index in [2.05, 4.69) is 4.98 Å². The molecule has 40 heavy (non-hydrogen) atoms. The van der Waals surface area contributed by atoms with E-state index >= 15 is 0 Å². The standard InChI is InChI=1S/C35H29NO4/c1-3-33(37)28-9-5-24(6-10-28)26-13-17-30(18-14-26)39-32-21-22-36-35(23-32)40-31-19-15-27(16-20-31)25-7-11-29(12-8-25)34(38)4-2/h5-23H,3-4H2,1-2H3. The lowest BCUT2D eigenvalue weighted by Gasteiger charge is -2.10. The number of hydrogen-bond donors (Lipinski definition) is 0. The first-order chi connectivity index (χ1) is 19.5. The van der Waals surface area contributed by atoms with Crippen molar-refractivity contribution < 1.29 is 19.1 Å². The van der Waals surface area contributed by atoms with E-state index in [4.69, 9.17) is 9.47 Å². The molecule has 5 nitrogen and oxygen atoms in total. The molecule has 0 bridgehead atoms. The summed E-state index contributed by atoms with van der Waals surface area (Å²) >= 11 is 0. The smallest absolute Gasteiger partial charge is 0.222 e. The van der Waals surface area contributed by atoms with E-state index in [-0.39, 0.29) is 11.6 Å². The molecule has 0 radical (unpaired) electrons. The van der Waals surface area contributed by atoms with Gasteiger partial charge in [0.1, 0.15) is 17.2 Å². The highest BCUT2D eigenvalue weighted by molar-refractivity contribution is 5.96. The molecular formula is C35H29NO4. The third kappa shape index (κ3) is 6.33. The van der Waals surface area contributed by atoms with Crippen LogP contribution in [0, 0.1) is 0 Å². The number of rotatable bonds is 10. The maximum Gasteiger partial charge on any atom is 0.222 e. The predicted octanol–water partition coefficient (Wildman–Crippen LogP) is 9.19. The molecule has 0 atom stereocenters. The van der Waals surface area contributed by atoms with Crippen LogP contribution in [0.1, 0.15) is 47.4 Å². The molecule has 0 fully saturated rings. The fourth-order valence-electron chi connectivity index (χ4n) is 4.30. The third-order valence-electron chi connectivity index (χ3n) is 6.60. The summed E-state index contributed by atoms with van der Waals surface area (Å²) < 4.78 is 12.0. The minimum atomic E-state index is 0.138. The average Bonchev–Trinajstić information content (AvgIpc) is 3.01. The Hall–Kier alpha value is -5.03. The largest absolute Gasteiger partial charge is 0.457 e. The predicted molar refractivity (Wildman–Crippen MR) is 157 cm³/mol. The molecule has 5 rings (SSSR count). The lowest BCUT2D eigenvalue weighted by atomic mass is 10.0. The van der Waals surface area contributed by atoms with Crippen molar-refractivity contribution in [1.82, 2.24) is 4.98 Å². The number of carbonyl (C=O) groups is 2. The number of ketones is 2. The molecule has 1 aromatic heterocycles. The van der Waals surface area contributed by atoms with Crippen molar-refractivity contribution in [2.45, 2.75) is 26.7 Å². The Balaban J connectivity index is 1.22. The van der Waals surface area contributed by atoms with Crippen LogP contribution < -0.4 is 9.47 Å². The number of carbonyl (C=O) groups excluding carboxylic acids is 2. The Morgan fingerprint density at radius 3 is 1.35 bits per heavy atom. The van der Waals surface area contributed by atoms with Gasteiger partial charge in [-0.3, -0.25) is 9.59 Å². The number of ether oxygens (including phenoxy) is 2. The zero-order valence-electron chi connectivity index (χ0n) is 22.5. The second-order valence-electron chi connectivity index (χ2n) is 9.29. The zero-order valence-corrected chi connectivity index (χ0v) is 22.5. The molecule has 1 heterocycles. The first kappa shape index (κ1) is 26.6. The van der Waals surface area contributed by atoms with Gasteiger partial charge in [0.25, 0.3) is 0 Å². The Morgan fingerprint density at radius 1 is 0.525 bits per heavy atom. The van der Waals surface area contributed by atoms with Crippen LogP contribution in [0.5, 0.6) is 23.1 Å². The van der Waals surface area contributed by atoms with Gasteiger partial charge in [0.05, 0.1) is 0 Å². The summed E-state index contributed by atoms with van der Waals surface area (Å²) in [5, 5.41) is 0. The second kappa shape index (κ2) is 12.2. The maximum absolute atomic E-state index is 11.9. The van der Waals surface area contributed by atoms with Crippen LogP contribution in [0.4, 0.5) is 0 Å². The van der Waals surface area contributed by atoms with Crippen LogP contribution in [0.15, 0.2) is 115 Å². The minimum absolute atomic E-state index is 0.138. The molecule has 0 aliphatic carbocycles. The van der Waals surface area contributed by atoms with Crippen LogP contribution in [-0.2, 0) is 0 Å². The van der Waals surface area contributed by atoms with E-state index in [1.54, 1.807) is 18.3 Å². The van der Waals surface area contributed by atoms with E-state index in [9.17, 15) is 9.59 Å². The molecule has 0 spiro atoms. The van der Waals surface area contributed by atoms with Gasteiger partial charge in [-0.2, -0.15) is 0 Å². The molecule has 0 aliphatic heterocycles. The molecule has 5 heteroatoms. The van der Waals surface area contributed by atoms with E-state index in [1.807, 2.05) is 111 Å². The fraction of sp³-hybridized carbons (Fsp3) is 0.114. The molecular weight excluding hydrogens is 498 g/mol. The first-order valence-corrected chi connectivity index (χ1v) is 13.3. The minimum Gasteiger partial charge on any atom is -0.457 e. The van der Waals surface area contributed by atoms with Crippen molar-refractivity contribution in [3.05, 3.63) is 127 Å². The SMILES string of the molecule is CCC(=O)c1ccc(-c2ccc(Oc3ccnc(Oc4ccc(-c5ccc(C(=O)CC)cc5)cc4)c3)cc2)cc1. The van der Waals surface area contributed by atoms with Crippen molar-refractivity contribution >= 4 is 11.6 Å². The molecule has 0 aliphatic rings. The van der Waals surface area contributed by atoms with Gasteiger partial charge in [0, 0.05) is 36.2 Å². The Bertz CT molecular complexity index is 1480. The Kier molecular flexibility index (Phi) is 8.12. The highest BCUT2D eigenvalue weighted by Gasteiger charge is 2.07. The summed E-state index contributed by atoms with van der Waals surface area (Å²) in [5.74, 6) is 2.65. The molecule has 5 aromatic rings. The molecule has 198 valence electrons. The lowest BCUT2D eigenvalue weighted by Crippen LogP contribution is -1.95. The fourth-order valence-corrected chi connectivity index (χ4v) is 4.30. The number of pyridine rings is 1. The molecule has 0 saturated carbocycles. The van der Waals surface area contributed by atoms with E-state index < -0.39 is 0 Å². The van der Waals surface area contributed by atoms with Gasteiger partial charge in [-0.25, -0.2) is 4.98 Å². The van der Waals surface area contributed by atoms with Gasteiger partial charge in [0.15, 0.2) is 11.6 Å². The molecule has 0 unspecified atom stereocenters. The van der Waals surface area contributed by atoms with Gasteiger partial charge < -0.3 is 9.47 Å². The Morgan fingerprint density at radius 2 is 0.925 bits per heavy atom. The number of hydrogen-bond acceptors (Lipinski definition) is 5. The van der Waals surface area contributed by atoms with Crippen LogP contribution in [-0.4, -0.2) is 16.6 Å². The lowest BCUT2D eigenvalue weighted by molar-refractivity contribution is 0.0980. The normalized spacial score (nSPS) is 10.7. The van der Waals surface area contributed by atoms with Gasteiger partial charge in [0.2, 0.25) is 5.88 Å². The number of aromatic nitrogens is 1. The van der Waals surface area contributed by atoms with Crippen LogP contribution in [0.3, 0.4) is 0 Å². The zero-order chi connectivity index (χ0) is 27.9. The topological polar surface area (TPSA) is 65.5 Å². The Labute approximate surface area is 234 Å². The first-order valence-electron chi connectivity index (χ1n) is 13.3. The van der Waals surface area contributed by atoms with Gasteiger partial charge in [-0.1, -0.05) is 86.6 Å². The quantitative estimate of drug-likeness (QED) is 0.169. The molecule has 0 saturated heterocycles. The van der Waals surface area contributed by atoms with Crippen molar-refractivity contribution in [2.75, 3.05) is 0 Å². The molecule has 4 aromatic carbocycles. The van der Waals surface area contributed by atoms with Crippen LogP contribution in [0.25, 0.3) is 22.3 Å². The molecule has 0 N–H and O–H groups in total. The summed E-state index contributed by atoms with van der Waals surface area (Å²) in [6, 6.07) is 34.3. The summed E-state index contributed by atoms with van der Waals surface area (Å²) in [7, 11) is 0. The third-order valence-corrected chi connectivity index (χ3v) is 6.60. The summed E-state index contributed by atoms with van der Waals surface area (Å²) in [6.07, 6.45) is 2.64. The number of benzene rings is 4. The van der Waals surface area contributed by atoms with E-state index in [1.165, 1.54) is 0 Å². The maximum atomic E-state index is 11.9. The monoisotopic (exact) mass is 527 g/mol.